The Morgan fingerprint density at radius 1 is 1.35 bits per heavy atom. The maximum atomic E-state index is 9.88. The second kappa shape index (κ2) is 6.03. The highest BCUT2D eigenvalue weighted by Crippen LogP contribution is 2.23. The molecule has 0 radical (unpaired) electrons. The first kappa shape index (κ1) is 12.4. The predicted molar refractivity (Wildman–Crippen MR) is 68.2 cm³/mol. The SMILES string of the molecule is CN(CC(O)COc1ccccc1)C1CCC1. The van der Waals surface area contributed by atoms with Gasteiger partial charge in [0.05, 0.1) is 0 Å². The summed E-state index contributed by atoms with van der Waals surface area (Å²) in [4.78, 5) is 2.24. The van der Waals surface area contributed by atoms with E-state index in [-0.39, 0.29) is 0 Å². The average Bonchev–Trinajstić information content (AvgIpc) is 2.25. The van der Waals surface area contributed by atoms with Gasteiger partial charge in [0.1, 0.15) is 18.5 Å². The Morgan fingerprint density at radius 2 is 2.06 bits per heavy atom. The number of ether oxygens (including phenoxy) is 1. The zero-order valence-electron chi connectivity index (χ0n) is 10.4. The summed E-state index contributed by atoms with van der Waals surface area (Å²) in [6.45, 7) is 1.05. The van der Waals surface area contributed by atoms with Gasteiger partial charge in [-0.1, -0.05) is 24.6 Å². The molecule has 0 saturated heterocycles. The lowest BCUT2D eigenvalue weighted by molar-refractivity contribution is 0.0476. The third-order valence-corrected chi connectivity index (χ3v) is 3.38. The Bertz CT molecular complexity index is 324. The molecule has 0 bridgehead atoms. The number of hydrogen-bond donors (Lipinski definition) is 1. The minimum Gasteiger partial charge on any atom is -0.491 e. The summed E-state index contributed by atoms with van der Waals surface area (Å²) in [6, 6.07) is 10.3. The van der Waals surface area contributed by atoms with Gasteiger partial charge < -0.3 is 14.7 Å². The molecule has 3 nitrogen and oxygen atoms in total. The van der Waals surface area contributed by atoms with Crippen molar-refractivity contribution >= 4 is 0 Å². The van der Waals surface area contributed by atoms with Crippen molar-refractivity contribution in [1.29, 1.82) is 0 Å². The van der Waals surface area contributed by atoms with E-state index >= 15 is 0 Å². The van der Waals surface area contributed by atoms with Gasteiger partial charge in [-0.25, -0.2) is 0 Å². The maximum Gasteiger partial charge on any atom is 0.119 e. The number of nitrogens with zero attached hydrogens (tertiary/aromatic N) is 1. The molecule has 1 aliphatic carbocycles. The van der Waals surface area contributed by atoms with Crippen LogP contribution in [0.25, 0.3) is 0 Å². The van der Waals surface area contributed by atoms with Gasteiger partial charge >= 0.3 is 0 Å². The topological polar surface area (TPSA) is 32.7 Å². The van der Waals surface area contributed by atoms with Gasteiger partial charge in [0.25, 0.3) is 0 Å². The van der Waals surface area contributed by atoms with Crippen LogP contribution in [0.3, 0.4) is 0 Å². The van der Waals surface area contributed by atoms with E-state index in [2.05, 4.69) is 11.9 Å². The van der Waals surface area contributed by atoms with Crippen LogP contribution in [-0.4, -0.2) is 42.4 Å². The number of hydrogen-bond acceptors (Lipinski definition) is 3. The zero-order valence-corrected chi connectivity index (χ0v) is 10.4. The lowest BCUT2D eigenvalue weighted by Gasteiger charge is -2.35. The number of aliphatic hydroxyl groups excluding tert-OH is 1. The van der Waals surface area contributed by atoms with Crippen molar-refractivity contribution in [2.45, 2.75) is 31.4 Å². The first-order valence-electron chi connectivity index (χ1n) is 6.32. The Labute approximate surface area is 103 Å². The van der Waals surface area contributed by atoms with Gasteiger partial charge in [-0.05, 0) is 32.0 Å². The van der Waals surface area contributed by atoms with Crippen molar-refractivity contribution < 1.29 is 9.84 Å². The van der Waals surface area contributed by atoms with Crippen molar-refractivity contribution in [2.75, 3.05) is 20.2 Å². The van der Waals surface area contributed by atoms with Crippen LogP contribution in [0.4, 0.5) is 0 Å². The van der Waals surface area contributed by atoms with Crippen LogP contribution < -0.4 is 4.74 Å². The van der Waals surface area contributed by atoms with E-state index in [9.17, 15) is 5.11 Å². The van der Waals surface area contributed by atoms with Crippen LogP contribution in [0.15, 0.2) is 30.3 Å². The lowest BCUT2D eigenvalue weighted by atomic mass is 9.92. The van der Waals surface area contributed by atoms with Gasteiger partial charge in [0.15, 0.2) is 0 Å². The Hall–Kier alpha value is -1.06. The van der Waals surface area contributed by atoms with Crippen molar-refractivity contribution in [3.63, 3.8) is 0 Å². The highest BCUT2D eigenvalue weighted by Gasteiger charge is 2.23. The number of aliphatic hydroxyl groups is 1. The molecule has 94 valence electrons. The van der Waals surface area contributed by atoms with Crippen molar-refractivity contribution in [2.24, 2.45) is 0 Å². The number of benzene rings is 1. The number of likely N-dealkylation sites (N-methyl/N-ethyl adjacent to an activating group) is 1. The fraction of sp³-hybridized carbons (Fsp3) is 0.571. The molecule has 1 fully saturated rings. The summed E-state index contributed by atoms with van der Waals surface area (Å²) in [7, 11) is 2.08. The minimum absolute atomic E-state index is 0.362. The molecule has 0 aliphatic heterocycles. The maximum absolute atomic E-state index is 9.88. The lowest BCUT2D eigenvalue weighted by Crippen LogP contribution is -2.42. The Morgan fingerprint density at radius 3 is 2.65 bits per heavy atom. The molecule has 1 N–H and O–H groups in total. The minimum atomic E-state index is -0.416. The van der Waals surface area contributed by atoms with E-state index in [1.54, 1.807) is 0 Å². The smallest absolute Gasteiger partial charge is 0.119 e. The van der Waals surface area contributed by atoms with Crippen LogP contribution in [0, 0.1) is 0 Å². The third-order valence-electron chi connectivity index (χ3n) is 3.38. The molecule has 1 atom stereocenters. The van der Waals surface area contributed by atoms with Crippen LogP contribution in [0.5, 0.6) is 5.75 Å². The second-order valence-corrected chi connectivity index (χ2v) is 4.80. The van der Waals surface area contributed by atoms with E-state index in [1.165, 1.54) is 19.3 Å². The van der Waals surface area contributed by atoms with E-state index in [0.29, 0.717) is 19.2 Å². The fourth-order valence-electron chi connectivity index (χ4n) is 2.07. The Kier molecular flexibility index (Phi) is 4.40. The largest absolute Gasteiger partial charge is 0.491 e. The summed E-state index contributed by atoms with van der Waals surface area (Å²) < 4.78 is 5.52. The molecule has 0 aromatic heterocycles. The molecule has 17 heavy (non-hydrogen) atoms. The van der Waals surface area contributed by atoms with Crippen LogP contribution in [0.2, 0.25) is 0 Å². The van der Waals surface area contributed by atoms with Crippen molar-refractivity contribution in [3.05, 3.63) is 30.3 Å². The molecule has 2 rings (SSSR count). The summed E-state index contributed by atoms with van der Waals surface area (Å²) in [5, 5.41) is 9.88. The molecular formula is C14H21NO2. The third kappa shape index (κ3) is 3.72. The van der Waals surface area contributed by atoms with Gasteiger partial charge in [-0.3, -0.25) is 0 Å². The normalized spacial score (nSPS) is 17.8. The summed E-state index contributed by atoms with van der Waals surface area (Å²) >= 11 is 0. The first-order valence-corrected chi connectivity index (χ1v) is 6.32. The molecule has 1 saturated carbocycles. The van der Waals surface area contributed by atoms with Gasteiger partial charge in [0, 0.05) is 12.6 Å². The molecule has 1 aromatic rings. The molecule has 1 unspecified atom stereocenters. The standard InChI is InChI=1S/C14H21NO2/c1-15(12-6-5-7-12)10-13(16)11-17-14-8-3-2-4-9-14/h2-4,8-9,12-13,16H,5-7,10-11H2,1H3. The quantitative estimate of drug-likeness (QED) is 0.817. The zero-order chi connectivity index (χ0) is 12.1. The first-order chi connectivity index (χ1) is 8.25. The average molecular weight is 235 g/mol. The van der Waals surface area contributed by atoms with E-state index in [0.717, 1.165) is 5.75 Å². The molecule has 0 amide bonds. The summed E-state index contributed by atoms with van der Waals surface area (Å²) in [5.41, 5.74) is 0. The van der Waals surface area contributed by atoms with Crippen LogP contribution >= 0.6 is 0 Å². The second-order valence-electron chi connectivity index (χ2n) is 4.80. The Balaban J connectivity index is 1.68. The number of para-hydroxylation sites is 1. The fourth-order valence-corrected chi connectivity index (χ4v) is 2.07. The highest BCUT2D eigenvalue weighted by molar-refractivity contribution is 5.20. The molecule has 0 heterocycles. The van der Waals surface area contributed by atoms with Crippen molar-refractivity contribution in [3.8, 4) is 5.75 Å². The highest BCUT2D eigenvalue weighted by atomic mass is 16.5. The van der Waals surface area contributed by atoms with E-state index in [1.807, 2.05) is 30.3 Å². The molecule has 0 spiro atoms. The van der Waals surface area contributed by atoms with Crippen LogP contribution in [0.1, 0.15) is 19.3 Å². The summed E-state index contributed by atoms with van der Waals surface area (Å²) in [6.07, 6.45) is 3.44. The summed E-state index contributed by atoms with van der Waals surface area (Å²) in [5.74, 6) is 0.817. The predicted octanol–water partition coefficient (Wildman–Crippen LogP) is 1.91. The monoisotopic (exact) mass is 235 g/mol. The molecule has 3 heteroatoms. The number of rotatable bonds is 6. The van der Waals surface area contributed by atoms with Crippen LogP contribution in [-0.2, 0) is 0 Å². The molecule has 1 aliphatic rings. The van der Waals surface area contributed by atoms with E-state index < -0.39 is 6.10 Å². The van der Waals surface area contributed by atoms with Crippen molar-refractivity contribution in [1.82, 2.24) is 4.90 Å². The van der Waals surface area contributed by atoms with Gasteiger partial charge in [-0.15, -0.1) is 0 Å². The molecule has 1 aromatic carbocycles. The van der Waals surface area contributed by atoms with E-state index in [4.69, 9.17) is 4.74 Å². The van der Waals surface area contributed by atoms with Gasteiger partial charge in [-0.2, -0.15) is 0 Å². The van der Waals surface area contributed by atoms with Gasteiger partial charge in [0.2, 0.25) is 0 Å². The molecular weight excluding hydrogens is 214 g/mol.